The van der Waals surface area contributed by atoms with Crippen molar-refractivity contribution in [1.82, 2.24) is 24.3 Å². The molecule has 2 N–H and O–H groups in total. The number of rotatable bonds is 13. The largest absolute Gasteiger partial charge is 0.383 e. The third-order valence-corrected chi connectivity index (χ3v) is 10.6. The highest BCUT2D eigenvalue weighted by Gasteiger charge is 2.35. The van der Waals surface area contributed by atoms with E-state index in [-0.39, 0.29) is 12.1 Å². The smallest absolute Gasteiger partial charge is 0.204 e. The van der Waals surface area contributed by atoms with Crippen molar-refractivity contribution in [2.45, 2.75) is 57.5 Å². The lowest BCUT2D eigenvalue weighted by Gasteiger charge is -2.43. The van der Waals surface area contributed by atoms with Gasteiger partial charge in [-0.15, -0.1) is 0 Å². The second-order valence-electron chi connectivity index (χ2n) is 13.7. The topological polar surface area (TPSA) is 64.1 Å². The Bertz CT molecular complexity index is 1610. The fraction of sp³-hybridized carbons (Fsp3) is 0.500. The van der Waals surface area contributed by atoms with E-state index >= 15 is 0 Å². The monoisotopic (exact) mass is 654 g/mol. The van der Waals surface area contributed by atoms with Gasteiger partial charge in [-0.3, -0.25) is 9.80 Å². The van der Waals surface area contributed by atoms with Crippen LogP contribution in [-0.2, 0) is 11.3 Å². The molecule has 2 fully saturated rings. The van der Waals surface area contributed by atoms with Gasteiger partial charge in [-0.1, -0.05) is 36.4 Å². The highest BCUT2D eigenvalue weighted by molar-refractivity contribution is 5.79. The maximum absolute atomic E-state index is 13.5. The number of benzene rings is 3. The standard InChI is InChI=1S/C38H51FN8O/c1-29(44-22-24-45(25-23-44)38-42-34-10-4-5-11-35(34)46(38)26-27-48-2)8-7-19-43-20-17-32(18-21-43)40-37-41-33-9-3-6-12-36(33)47(37)28-30-13-15-31(39)16-14-30/h3-6,9-16,29,32,38,42H,7-8,17-28H2,1-2H3,(H,40,41). The van der Waals surface area contributed by atoms with Crippen molar-refractivity contribution in [1.29, 1.82) is 0 Å². The fourth-order valence-corrected chi connectivity index (χ4v) is 7.73. The molecule has 4 heterocycles. The second-order valence-corrected chi connectivity index (χ2v) is 13.7. The number of nitrogens with one attached hydrogen (secondary N) is 2. The minimum atomic E-state index is -0.207. The molecule has 48 heavy (non-hydrogen) atoms. The van der Waals surface area contributed by atoms with Crippen molar-refractivity contribution in [2.24, 2.45) is 0 Å². The molecule has 0 amide bonds. The van der Waals surface area contributed by atoms with Crippen molar-refractivity contribution in [3.05, 3.63) is 84.2 Å². The number of piperazine rings is 1. The molecule has 0 aliphatic carbocycles. The van der Waals surface area contributed by atoms with Gasteiger partial charge in [-0.25, -0.2) is 9.37 Å². The molecule has 2 unspecified atom stereocenters. The summed E-state index contributed by atoms with van der Waals surface area (Å²) in [7, 11) is 1.78. The minimum absolute atomic E-state index is 0.196. The summed E-state index contributed by atoms with van der Waals surface area (Å²) < 4.78 is 21.2. The molecule has 1 aromatic heterocycles. The van der Waals surface area contributed by atoms with Gasteiger partial charge in [0.2, 0.25) is 5.95 Å². The Morgan fingerprint density at radius 2 is 1.67 bits per heavy atom. The van der Waals surface area contributed by atoms with Gasteiger partial charge >= 0.3 is 0 Å². The number of imidazole rings is 1. The number of aromatic nitrogens is 2. The zero-order valence-electron chi connectivity index (χ0n) is 28.5. The average molecular weight is 655 g/mol. The summed E-state index contributed by atoms with van der Waals surface area (Å²) in [6, 6.07) is 24.7. The molecule has 0 saturated carbocycles. The number of fused-ring (bicyclic) bond motifs is 2. The summed E-state index contributed by atoms with van der Waals surface area (Å²) in [5, 5.41) is 7.54. The van der Waals surface area contributed by atoms with E-state index in [9.17, 15) is 4.39 Å². The van der Waals surface area contributed by atoms with Crippen molar-refractivity contribution < 1.29 is 9.13 Å². The molecule has 0 radical (unpaired) electrons. The Kier molecular flexibility index (Phi) is 10.4. The molecule has 0 bridgehead atoms. The maximum atomic E-state index is 13.5. The number of hydrogen-bond acceptors (Lipinski definition) is 8. The third-order valence-electron chi connectivity index (χ3n) is 10.6. The van der Waals surface area contributed by atoms with E-state index in [1.54, 1.807) is 7.11 Å². The van der Waals surface area contributed by atoms with Crippen molar-refractivity contribution >= 4 is 28.4 Å². The molecule has 2 saturated heterocycles. The first kappa shape index (κ1) is 32.8. The second kappa shape index (κ2) is 15.2. The lowest BCUT2D eigenvalue weighted by molar-refractivity contribution is 0.0747. The molecular formula is C38H51FN8O. The van der Waals surface area contributed by atoms with Gasteiger partial charge in [0.1, 0.15) is 5.82 Å². The number of piperidine rings is 1. The van der Waals surface area contributed by atoms with Gasteiger partial charge < -0.3 is 29.7 Å². The van der Waals surface area contributed by atoms with Gasteiger partial charge in [0, 0.05) is 65.0 Å². The van der Waals surface area contributed by atoms with Crippen LogP contribution in [-0.4, -0.2) is 109 Å². The summed E-state index contributed by atoms with van der Waals surface area (Å²) in [5.41, 5.74) is 5.64. The van der Waals surface area contributed by atoms with Crippen LogP contribution in [0.3, 0.4) is 0 Å². The molecule has 3 aliphatic heterocycles. The lowest BCUT2D eigenvalue weighted by Crippen LogP contribution is -2.58. The number of likely N-dealkylation sites (tertiary alicyclic amines) is 1. The van der Waals surface area contributed by atoms with E-state index in [0.29, 0.717) is 18.6 Å². The maximum Gasteiger partial charge on any atom is 0.204 e. The lowest BCUT2D eigenvalue weighted by atomic mass is 10.0. The number of halogens is 1. The van der Waals surface area contributed by atoms with Crippen LogP contribution in [0, 0.1) is 5.82 Å². The fourth-order valence-electron chi connectivity index (χ4n) is 7.73. The normalized spacial score (nSPS) is 20.2. The number of para-hydroxylation sites is 4. The SMILES string of the molecule is COCCN1c2ccccc2NC1N1CCN(C(C)CCCN2CCC(Nc3nc4ccccc4n3Cc3ccc(F)cc3)CC2)CC1. The summed E-state index contributed by atoms with van der Waals surface area (Å²) >= 11 is 0. The Labute approximate surface area is 284 Å². The van der Waals surface area contributed by atoms with Gasteiger partial charge in [-0.2, -0.15) is 0 Å². The van der Waals surface area contributed by atoms with Crippen molar-refractivity contribution in [3.8, 4) is 0 Å². The number of nitrogens with zero attached hydrogens (tertiary/aromatic N) is 6. The molecule has 0 spiro atoms. The van der Waals surface area contributed by atoms with Crippen molar-refractivity contribution in [3.63, 3.8) is 0 Å². The summed E-state index contributed by atoms with van der Waals surface area (Å²) in [5.74, 6) is 0.700. The van der Waals surface area contributed by atoms with Crippen LogP contribution in [0.1, 0.15) is 38.2 Å². The number of methoxy groups -OCH3 is 1. The molecule has 3 aromatic carbocycles. The first-order valence-electron chi connectivity index (χ1n) is 17.8. The van der Waals surface area contributed by atoms with Crippen LogP contribution in [0.4, 0.5) is 21.7 Å². The third kappa shape index (κ3) is 7.47. The quantitative estimate of drug-likeness (QED) is 0.189. The molecule has 7 rings (SSSR count). The first-order valence-corrected chi connectivity index (χ1v) is 17.8. The van der Waals surface area contributed by atoms with Crippen LogP contribution in [0.25, 0.3) is 11.0 Å². The summed E-state index contributed by atoms with van der Waals surface area (Å²) in [4.78, 5) is 15.3. The summed E-state index contributed by atoms with van der Waals surface area (Å²) in [6.07, 6.45) is 4.88. The molecule has 3 aliphatic rings. The van der Waals surface area contributed by atoms with Crippen LogP contribution < -0.4 is 15.5 Å². The van der Waals surface area contributed by atoms with E-state index < -0.39 is 0 Å². The predicted octanol–water partition coefficient (Wildman–Crippen LogP) is 5.75. The van der Waals surface area contributed by atoms with Crippen LogP contribution in [0.15, 0.2) is 72.8 Å². The number of hydrogen-bond donors (Lipinski definition) is 2. The Morgan fingerprint density at radius 3 is 2.46 bits per heavy atom. The number of anilines is 3. The first-order chi connectivity index (χ1) is 23.6. The van der Waals surface area contributed by atoms with Gasteiger partial charge in [0.25, 0.3) is 0 Å². The van der Waals surface area contributed by atoms with E-state index in [2.05, 4.69) is 84.2 Å². The molecular weight excluding hydrogens is 603 g/mol. The average Bonchev–Trinajstić information content (AvgIpc) is 3.66. The molecule has 9 nitrogen and oxygen atoms in total. The molecule has 256 valence electrons. The van der Waals surface area contributed by atoms with E-state index in [4.69, 9.17) is 9.72 Å². The molecule has 10 heteroatoms. The Balaban J connectivity index is 0.848. The van der Waals surface area contributed by atoms with Crippen LogP contribution in [0.5, 0.6) is 0 Å². The minimum Gasteiger partial charge on any atom is -0.383 e. The van der Waals surface area contributed by atoms with Crippen molar-refractivity contribution in [2.75, 3.05) is 81.6 Å². The van der Waals surface area contributed by atoms with E-state index in [1.807, 2.05) is 18.2 Å². The highest BCUT2D eigenvalue weighted by Crippen LogP contribution is 2.35. The van der Waals surface area contributed by atoms with Gasteiger partial charge in [0.15, 0.2) is 6.29 Å². The Hall–Kier alpha value is -3.70. The summed E-state index contributed by atoms with van der Waals surface area (Å²) in [6.45, 7) is 12.4. The van der Waals surface area contributed by atoms with Crippen LogP contribution >= 0.6 is 0 Å². The zero-order valence-corrected chi connectivity index (χ0v) is 28.5. The van der Waals surface area contributed by atoms with Gasteiger partial charge in [-0.05, 0) is 81.1 Å². The number of ether oxygens (including phenoxy) is 1. The van der Waals surface area contributed by atoms with Crippen LogP contribution in [0.2, 0.25) is 0 Å². The zero-order chi connectivity index (χ0) is 32.9. The molecule has 4 aromatic rings. The molecule has 2 atom stereocenters. The van der Waals surface area contributed by atoms with E-state index in [1.165, 1.54) is 42.9 Å². The van der Waals surface area contributed by atoms with Gasteiger partial charge in [0.05, 0.1) is 35.6 Å². The predicted molar refractivity (Wildman–Crippen MR) is 193 cm³/mol. The highest BCUT2D eigenvalue weighted by atomic mass is 19.1. The van der Waals surface area contributed by atoms with E-state index in [0.717, 1.165) is 87.8 Å². The Morgan fingerprint density at radius 1 is 0.917 bits per heavy atom.